The Morgan fingerprint density at radius 2 is 2.08 bits per heavy atom. The van der Waals surface area contributed by atoms with E-state index < -0.39 is 0 Å². The summed E-state index contributed by atoms with van der Waals surface area (Å²) in [4.78, 5) is 11.1. The third kappa shape index (κ3) is 6.72. The number of hydrogen-bond acceptors (Lipinski definition) is 3. The summed E-state index contributed by atoms with van der Waals surface area (Å²) in [7, 11) is 1.95. The zero-order chi connectivity index (χ0) is 10.1. The van der Waals surface area contributed by atoms with E-state index in [9.17, 15) is 4.79 Å². The molecule has 1 unspecified atom stereocenters. The predicted molar refractivity (Wildman–Crippen MR) is 55.9 cm³/mol. The van der Waals surface area contributed by atoms with Crippen LogP contribution in [0.1, 0.15) is 33.1 Å². The Bertz CT molecular complexity index is 137. The molecule has 0 rings (SSSR count). The normalized spacial score (nSPS) is 12.8. The van der Waals surface area contributed by atoms with Crippen molar-refractivity contribution in [3.05, 3.63) is 0 Å². The third-order valence-electron chi connectivity index (χ3n) is 2.11. The molecule has 78 valence electrons. The molecule has 0 fully saturated rings. The Morgan fingerprint density at radius 1 is 1.38 bits per heavy atom. The monoisotopic (exact) mass is 186 g/mol. The summed E-state index contributed by atoms with van der Waals surface area (Å²) in [5.41, 5.74) is 0. The highest BCUT2D eigenvalue weighted by Crippen LogP contribution is 2.01. The summed E-state index contributed by atoms with van der Waals surface area (Å²) in [6.45, 7) is 5.60. The van der Waals surface area contributed by atoms with E-state index >= 15 is 0 Å². The number of unbranched alkanes of at least 4 members (excludes halogenated alkanes) is 1. The van der Waals surface area contributed by atoms with Crippen molar-refractivity contribution in [3.63, 3.8) is 0 Å². The minimum atomic E-state index is 0.0712. The topological polar surface area (TPSA) is 41.1 Å². The molecule has 0 aliphatic heterocycles. The lowest BCUT2D eigenvalue weighted by molar-refractivity contribution is -0.119. The molecule has 0 aromatic heterocycles. The van der Waals surface area contributed by atoms with Crippen LogP contribution in [0.5, 0.6) is 0 Å². The zero-order valence-electron chi connectivity index (χ0n) is 9.02. The maximum absolute atomic E-state index is 11.1. The summed E-state index contributed by atoms with van der Waals surface area (Å²) < 4.78 is 0. The van der Waals surface area contributed by atoms with Crippen molar-refractivity contribution in [1.29, 1.82) is 0 Å². The molecule has 0 spiro atoms. The second-order valence-electron chi connectivity index (χ2n) is 3.32. The van der Waals surface area contributed by atoms with Gasteiger partial charge >= 0.3 is 0 Å². The summed E-state index contributed by atoms with van der Waals surface area (Å²) in [5.74, 6) is 0.256. The van der Waals surface area contributed by atoms with Gasteiger partial charge in [0, 0.05) is 0 Å². The maximum atomic E-state index is 11.1. The Labute approximate surface area is 81.3 Å². The van der Waals surface area contributed by atoms with Crippen LogP contribution in [0.15, 0.2) is 0 Å². The summed E-state index contributed by atoms with van der Waals surface area (Å²) in [5, 5.41) is 6.29. The van der Waals surface area contributed by atoms with Crippen molar-refractivity contribution in [2.45, 2.75) is 39.2 Å². The number of rotatable bonds is 8. The average Bonchev–Trinajstić information content (AvgIpc) is 2.10. The SMILES string of the molecule is CCNC(CCCCNC)C(C)=O. The lowest BCUT2D eigenvalue weighted by atomic mass is 10.1. The van der Waals surface area contributed by atoms with E-state index in [4.69, 9.17) is 0 Å². The summed E-state index contributed by atoms with van der Waals surface area (Å²) in [6.07, 6.45) is 3.22. The van der Waals surface area contributed by atoms with Gasteiger partial charge in [0.05, 0.1) is 6.04 Å². The molecule has 1 atom stereocenters. The van der Waals surface area contributed by atoms with Crippen molar-refractivity contribution < 1.29 is 4.79 Å². The van der Waals surface area contributed by atoms with Crippen LogP contribution >= 0.6 is 0 Å². The van der Waals surface area contributed by atoms with E-state index in [2.05, 4.69) is 10.6 Å². The van der Waals surface area contributed by atoms with Crippen LogP contribution in [-0.2, 0) is 4.79 Å². The van der Waals surface area contributed by atoms with Crippen molar-refractivity contribution >= 4 is 5.78 Å². The fraction of sp³-hybridized carbons (Fsp3) is 0.900. The van der Waals surface area contributed by atoms with Gasteiger partial charge in [-0.1, -0.05) is 13.3 Å². The summed E-state index contributed by atoms with van der Waals surface area (Å²) >= 11 is 0. The van der Waals surface area contributed by atoms with Crippen LogP contribution in [0.25, 0.3) is 0 Å². The van der Waals surface area contributed by atoms with Gasteiger partial charge in [-0.15, -0.1) is 0 Å². The number of carbonyl (C=O) groups excluding carboxylic acids is 1. The molecule has 0 aliphatic carbocycles. The Hall–Kier alpha value is -0.410. The molecule has 0 heterocycles. The first-order valence-corrected chi connectivity index (χ1v) is 5.10. The molecule has 0 saturated heterocycles. The number of ketones is 1. The highest BCUT2D eigenvalue weighted by Gasteiger charge is 2.10. The molecule has 13 heavy (non-hydrogen) atoms. The van der Waals surface area contributed by atoms with Crippen LogP contribution < -0.4 is 10.6 Å². The van der Waals surface area contributed by atoms with Crippen LogP contribution in [0.4, 0.5) is 0 Å². The Kier molecular flexibility index (Phi) is 7.94. The number of likely N-dealkylation sites (N-methyl/N-ethyl adjacent to an activating group) is 1. The van der Waals surface area contributed by atoms with Gasteiger partial charge in [0.25, 0.3) is 0 Å². The molecule has 2 N–H and O–H groups in total. The number of carbonyl (C=O) groups is 1. The van der Waals surface area contributed by atoms with Crippen LogP contribution in [0.3, 0.4) is 0 Å². The lowest BCUT2D eigenvalue weighted by Gasteiger charge is -2.13. The Morgan fingerprint density at radius 3 is 2.54 bits per heavy atom. The second-order valence-corrected chi connectivity index (χ2v) is 3.32. The van der Waals surface area contributed by atoms with Crippen molar-refractivity contribution in [2.24, 2.45) is 0 Å². The zero-order valence-corrected chi connectivity index (χ0v) is 9.02. The van der Waals surface area contributed by atoms with Crippen LogP contribution in [0.2, 0.25) is 0 Å². The average molecular weight is 186 g/mol. The van der Waals surface area contributed by atoms with Gasteiger partial charge in [-0.2, -0.15) is 0 Å². The fourth-order valence-electron chi connectivity index (χ4n) is 1.35. The molecule has 0 saturated carbocycles. The maximum Gasteiger partial charge on any atom is 0.146 e. The van der Waals surface area contributed by atoms with E-state index in [-0.39, 0.29) is 11.8 Å². The molecule has 0 aromatic rings. The van der Waals surface area contributed by atoms with Crippen molar-refractivity contribution in [2.75, 3.05) is 20.1 Å². The fourth-order valence-corrected chi connectivity index (χ4v) is 1.35. The van der Waals surface area contributed by atoms with Crippen molar-refractivity contribution in [3.8, 4) is 0 Å². The molecule has 0 radical (unpaired) electrons. The number of nitrogens with one attached hydrogen (secondary N) is 2. The highest BCUT2D eigenvalue weighted by atomic mass is 16.1. The minimum absolute atomic E-state index is 0.0712. The van der Waals surface area contributed by atoms with Gasteiger partial charge in [0.1, 0.15) is 5.78 Å². The molecule has 0 aromatic carbocycles. The first-order valence-electron chi connectivity index (χ1n) is 5.10. The molecule has 0 bridgehead atoms. The molecule has 3 heteroatoms. The van der Waals surface area contributed by atoms with Crippen LogP contribution in [-0.4, -0.2) is 32.0 Å². The smallest absolute Gasteiger partial charge is 0.146 e. The van der Waals surface area contributed by atoms with E-state index in [1.54, 1.807) is 6.92 Å². The van der Waals surface area contributed by atoms with Gasteiger partial charge in [0.2, 0.25) is 0 Å². The van der Waals surface area contributed by atoms with E-state index in [1.807, 2.05) is 14.0 Å². The predicted octanol–water partition coefficient (Wildman–Crippen LogP) is 0.943. The highest BCUT2D eigenvalue weighted by molar-refractivity contribution is 5.81. The first kappa shape index (κ1) is 12.6. The summed E-state index contributed by atoms with van der Waals surface area (Å²) in [6, 6.07) is 0.0712. The van der Waals surface area contributed by atoms with Gasteiger partial charge in [-0.25, -0.2) is 0 Å². The first-order chi connectivity index (χ1) is 6.22. The lowest BCUT2D eigenvalue weighted by Crippen LogP contribution is -2.35. The second kappa shape index (κ2) is 8.20. The number of Topliss-reactive ketones (excluding diaryl/α,β-unsaturated/α-hetero) is 1. The standard InChI is InChI=1S/C10H22N2O/c1-4-12-10(9(2)13)7-5-6-8-11-3/h10-12H,4-8H2,1-3H3. The molecule has 0 aliphatic rings. The van der Waals surface area contributed by atoms with Gasteiger partial charge in [-0.05, 0) is 39.9 Å². The Balaban J connectivity index is 3.51. The van der Waals surface area contributed by atoms with Gasteiger partial charge in [-0.3, -0.25) is 4.79 Å². The number of hydrogen-bond donors (Lipinski definition) is 2. The molecule has 3 nitrogen and oxygen atoms in total. The van der Waals surface area contributed by atoms with Gasteiger partial charge < -0.3 is 10.6 Å². The third-order valence-corrected chi connectivity index (χ3v) is 2.11. The molecular weight excluding hydrogens is 164 g/mol. The quantitative estimate of drug-likeness (QED) is 0.554. The largest absolute Gasteiger partial charge is 0.320 e. The van der Waals surface area contributed by atoms with Crippen LogP contribution in [0, 0.1) is 0 Å². The van der Waals surface area contributed by atoms with E-state index in [0.717, 1.165) is 32.4 Å². The van der Waals surface area contributed by atoms with E-state index in [0.29, 0.717) is 0 Å². The molecular formula is C10H22N2O. The van der Waals surface area contributed by atoms with Crippen molar-refractivity contribution in [1.82, 2.24) is 10.6 Å². The minimum Gasteiger partial charge on any atom is -0.320 e. The molecule has 0 amide bonds. The van der Waals surface area contributed by atoms with E-state index in [1.165, 1.54) is 0 Å². The van der Waals surface area contributed by atoms with Gasteiger partial charge in [0.15, 0.2) is 0 Å².